The second kappa shape index (κ2) is 5.07. The summed E-state index contributed by atoms with van der Waals surface area (Å²) in [7, 11) is 0. The Labute approximate surface area is 132 Å². The zero-order chi connectivity index (χ0) is 16.0. The number of rotatable bonds is 1. The van der Waals surface area contributed by atoms with Gasteiger partial charge in [0.05, 0.1) is 5.57 Å². The fraction of sp³-hybridized carbons (Fsp3) is 0.111. The molecule has 2 aliphatic rings. The van der Waals surface area contributed by atoms with Gasteiger partial charge in [0.1, 0.15) is 0 Å². The van der Waals surface area contributed by atoms with Crippen LogP contribution in [-0.4, -0.2) is 23.3 Å². The van der Waals surface area contributed by atoms with Crippen molar-refractivity contribution in [2.75, 3.05) is 0 Å². The molecule has 0 spiro atoms. The van der Waals surface area contributed by atoms with Gasteiger partial charge in [-0.05, 0) is 40.3 Å². The minimum atomic E-state index is -1.29. The maximum atomic E-state index is 11.8. The first-order valence-corrected chi connectivity index (χ1v) is 7.34. The number of benzene rings is 2. The molecule has 1 aliphatic carbocycles. The molecule has 0 aromatic heterocycles. The van der Waals surface area contributed by atoms with Gasteiger partial charge in [0.25, 0.3) is 5.91 Å². The van der Waals surface area contributed by atoms with Crippen LogP contribution in [0.4, 0.5) is 4.79 Å². The monoisotopic (exact) mass is 306 g/mol. The highest BCUT2D eigenvalue weighted by molar-refractivity contribution is 6.09. The molecular weight excluding hydrogens is 292 g/mol. The summed E-state index contributed by atoms with van der Waals surface area (Å²) in [5, 5.41) is 14.2. The van der Waals surface area contributed by atoms with Crippen molar-refractivity contribution in [3.63, 3.8) is 0 Å². The van der Waals surface area contributed by atoms with Crippen molar-refractivity contribution >= 4 is 18.0 Å². The van der Waals surface area contributed by atoms with E-state index in [0.29, 0.717) is 0 Å². The van der Waals surface area contributed by atoms with E-state index in [9.17, 15) is 14.7 Å². The lowest BCUT2D eigenvalue weighted by Gasteiger charge is -2.21. The van der Waals surface area contributed by atoms with E-state index in [1.54, 1.807) is 6.08 Å². The number of carbonyl (C=O) groups is 2. The Morgan fingerprint density at radius 1 is 1.04 bits per heavy atom. The molecule has 1 fully saturated rings. The van der Waals surface area contributed by atoms with Gasteiger partial charge in [0.2, 0.25) is 0 Å². The second-order valence-electron chi connectivity index (χ2n) is 5.68. The maximum absolute atomic E-state index is 11.8. The van der Waals surface area contributed by atoms with E-state index in [4.69, 9.17) is 0 Å². The molecule has 1 atom stereocenters. The number of fused-ring (bicyclic) bond motifs is 3. The number of aliphatic hydroxyl groups is 1. The Morgan fingerprint density at radius 3 is 2.65 bits per heavy atom. The zero-order valence-corrected chi connectivity index (χ0v) is 12.2. The predicted octanol–water partition coefficient (Wildman–Crippen LogP) is 1.80. The van der Waals surface area contributed by atoms with Crippen LogP contribution in [0.25, 0.3) is 17.2 Å². The van der Waals surface area contributed by atoms with Gasteiger partial charge in [0, 0.05) is 0 Å². The van der Waals surface area contributed by atoms with Gasteiger partial charge in [0.15, 0.2) is 6.23 Å². The molecule has 0 radical (unpaired) electrons. The largest absolute Gasteiger partial charge is 0.369 e. The lowest BCUT2D eigenvalue weighted by atomic mass is 10.0. The third-order valence-corrected chi connectivity index (χ3v) is 4.19. The standard InChI is InChI=1S/C18H14N2O3/c21-16-15(17(22)20-18(23)19-16)8-10-5-6-14-12(7-10)9-11-3-1-2-4-13(11)14/h1-8,16,21H,9H2,(H2,19,20,22,23). The Hall–Kier alpha value is -2.92. The van der Waals surface area contributed by atoms with Gasteiger partial charge >= 0.3 is 6.03 Å². The number of amides is 3. The highest BCUT2D eigenvalue weighted by Gasteiger charge is 2.28. The minimum absolute atomic E-state index is 0.125. The molecule has 5 heteroatoms. The molecule has 1 unspecified atom stereocenters. The Balaban J connectivity index is 1.70. The lowest BCUT2D eigenvalue weighted by Crippen LogP contribution is -2.53. The summed E-state index contributed by atoms with van der Waals surface area (Å²) in [4.78, 5) is 23.0. The third kappa shape index (κ3) is 2.31. The first-order valence-electron chi connectivity index (χ1n) is 7.34. The number of hydrogen-bond donors (Lipinski definition) is 3. The van der Waals surface area contributed by atoms with Crippen LogP contribution in [0.15, 0.2) is 48.0 Å². The summed E-state index contributed by atoms with van der Waals surface area (Å²) in [5.41, 5.74) is 5.86. The van der Waals surface area contributed by atoms with Gasteiger partial charge in [-0.2, -0.15) is 0 Å². The maximum Gasteiger partial charge on any atom is 0.323 e. The number of nitrogens with one attached hydrogen (secondary N) is 2. The van der Waals surface area contributed by atoms with Gasteiger partial charge in [-0.3, -0.25) is 10.1 Å². The summed E-state index contributed by atoms with van der Waals surface area (Å²) in [6, 6.07) is 13.5. The van der Waals surface area contributed by atoms with Crippen LogP contribution in [0.3, 0.4) is 0 Å². The lowest BCUT2D eigenvalue weighted by molar-refractivity contribution is -0.118. The van der Waals surface area contributed by atoms with Crippen molar-refractivity contribution in [1.82, 2.24) is 10.6 Å². The number of hydrogen-bond acceptors (Lipinski definition) is 3. The Kier molecular flexibility index (Phi) is 3.02. The normalized spacial score (nSPS) is 20.7. The molecule has 23 heavy (non-hydrogen) atoms. The van der Waals surface area contributed by atoms with E-state index in [1.807, 2.05) is 30.3 Å². The molecule has 2 aromatic carbocycles. The average molecular weight is 306 g/mol. The van der Waals surface area contributed by atoms with E-state index >= 15 is 0 Å². The number of carbonyl (C=O) groups excluding carboxylic acids is 2. The smallest absolute Gasteiger partial charge is 0.323 e. The average Bonchev–Trinajstić information content (AvgIpc) is 2.88. The van der Waals surface area contributed by atoms with Crippen LogP contribution >= 0.6 is 0 Å². The van der Waals surface area contributed by atoms with E-state index in [2.05, 4.69) is 22.8 Å². The van der Waals surface area contributed by atoms with Crippen molar-refractivity contribution < 1.29 is 14.7 Å². The fourth-order valence-corrected chi connectivity index (χ4v) is 3.12. The number of aliphatic hydroxyl groups excluding tert-OH is 1. The third-order valence-electron chi connectivity index (χ3n) is 4.19. The summed E-state index contributed by atoms with van der Waals surface area (Å²) >= 11 is 0. The number of urea groups is 1. The van der Waals surface area contributed by atoms with Crippen LogP contribution in [0.1, 0.15) is 16.7 Å². The van der Waals surface area contributed by atoms with Gasteiger partial charge in [-0.25, -0.2) is 4.79 Å². The summed E-state index contributed by atoms with van der Waals surface area (Å²) in [6.07, 6.45) is 1.16. The molecule has 114 valence electrons. The summed E-state index contributed by atoms with van der Waals surface area (Å²) in [6.45, 7) is 0. The molecule has 1 heterocycles. The van der Waals surface area contributed by atoms with E-state index in [0.717, 1.165) is 12.0 Å². The highest BCUT2D eigenvalue weighted by atomic mass is 16.3. The summed E-state index contributed by atoms with van der Waals surface area (Å²) in [5.74, 6) is -0.579. The Bertz CT molecular complexity index is 870. The molecule has 3 amide bonds. The molecule has 2 aromatic rings. The molecule has 0 bridgehead atoms. The summed E-state index contributed by atoms with van der Waals surface area (Å²) < 4.78 is 0. The molecule has 0 saturated carbocycles. The fourth-order valence-electron chi connectivity index (χ4n) is 3.12. The first-order chi connectivity index (χ1) is 11.1. The number of imide groups is 1. The van der Waals surface area contributed by atoms with Crippen LogP contribution in [0, 0.1) is 0 Å². The van der Waals surface area contributed by atoms with Gasteiger partial charge in [-0.1, -0.05) is 42.5 Å². The van der Waals surface area contributed by atoms with E-state index in [-0.39, 0.29) is 5.57 Å². The second-order valence-corrected chi connectivity index (χ2v) is 5.68. The topological polar surface area (TPSA) is 78.4 Å². The van der Waals surface area contributed by atoms with Crippen molar-refractivity contribution in [2.45, 2.75) is 12.6 Å². The van der Waals surface area contributed by atoms with E-state index < -0.39 is 18.2 Å². The van der Waals surface area contributed by atoms with Gasteiger partial charge < -0.3 is 10.4 Å². The van der Waals surface area contributed by atoms with Crippen molar-refractivity contribution in [3.05, 3.63) is 64.7 Å². The Morgan fingerprint density at radius 2 is 1.83 bits per heavy atom. The molecule has 4 rings (SSSR count). The van der Waals surface area contributed by atoms with E-state index in [1.165, 1.54) is 22.3 Å². The molecule has 5 nitrogen and oxygen atoms in total. The van der Waals surface area contributed by atoms with Gasteiger partial charge in [-0.15, -0.1) is 0 Å². The van der Waals surface area contributed by atoms with Crippen LogP contribution < -0.4 is 10.6 Å². The van der Waals surface area contributed by atoms with Crippen molar-refractivity contribution in [1.29, 1.82) is 0 Å². The minimum Gasteiger partial charge on any atom is -0.369 e. The SMILES string of the molecule is O=C1NC(=O)C(=Cc2ccc3c(c2)Cc2ccccc2-3)C(O)N1. The first kappa shape index (κ1) is 13.7. The molecule has 3 N–H and O–H groups in total. The molecular formula is C18H14N2O3. The van der Waals surface area contributed by atoms with Crippen LogP contribution in [0.2, 0.25) is 0 Å². The zero-order valence-electron chi connectivity index (χ0n) is 12.2. The highest BCUT2D eigenvalue weighted by Crippen LogP contribution is 2.37. The predicted molar refractivity (Wildman–Crippen MR) is 85.3 cm³/mol. The molecule has 1 aliphatic heterocycles. The van der Waals surface area contributed by atoms with Crippen LogP contribution in [-0.2, 0) is 11.2 Å². The quantitative estimate of drug-likeness (QED) is 0.600. The molecule has 1 saturated heterocycles. The van der Waals surface area contributed by atoms with Crippen LogP contribution in [0.5, 0.6) is 0 Å². The van der Waals surface area contributed by atoms with Crippen molar-refractivity contribution in [3.8, 4) is 11.1 Å². The van der Waals surface area contributed by atoms with Crippen molar-refractivity contribution in [2.24, 2.45) is 0 Å².